The quantitative estimate of drug-likeness (QED) is 0.357. The highest BCUT2D eigenvalue weighted by Gasteiger charge is 2.48. The van der Waals surface area contributed by atoms with Crippen LogP contribution < -0.4 is 0 Å². The van der Waals surface area contributed by atoms with Crippen molar-refractivity contribution in [3.8, 4) is 0 Å². The van der Waals surface area contributed by atoms with Crippen LogP contribution in [-0.4, -0.2) is 102 Å². The van der Waals surface area contributed by atoms with Crippen LogP contribution in [0, 0.1) is 17.8 Å². The van der Waals surface area contributed by atoms with Gasteiger partial charge >= 0.3 is 11.9 Å². The molecular formula is C31H44N2O12. The molecule has 3 spiro atoms. The smallest absolute Gasteiger partial charge is 0.313 e. The molecule has 6 fully saturated rings. The van der Waals surface area contributed by atoms with Crippen molar-refractivity contribution in [2.24, 2.45) is 17.8 Å². The number of ketones is 1. The molecule has 14 nitrogen and oxygen atoms in total. The van der Waals surface area contributed by atoms with E-state index in [9.17, 15) is 19.2 Å². The lowest BCUT2D eigenvalue weighted by Gasteiger charge is -2.21. The molecule has 3 saturated carbocycles. The number of hydrogen-bond acceptors (Lipinski definition) is 12. The van der Waals surface area contributed by atoms with Gasteiger partial charge in [-0.25, -0.2) is 4.98 Å². The normalized spacial score (nSPS) is 28.5. The van der Waals surface area contributed by atoms with Gasteiger partial charge in [-0.3, -0.25) is 23.7 Å². The van der Waals surface area contributed by atoms with E-state index in [0.717, 1.165) is 32.1 Å². The van der Waals surface area contributed by atoms with Crippen molar-refractivity contribution in [3.05, 3.63) is 18.7 Å². The van der Waals surface area contributed by atoms with Crippen LogP contribution in [0.5, 0.6) is 0 Å². The van der Waals surface area contributed by atoms with E-state index in [2.05, 4.69) is 4.98 Å². The van der Waals surface area contributed by atoms with E-state index in [1.165, 1.54) is 0 Å². The van der Waals surface area contributed by atoms with Gasteiger partial charge in [0.15, 0.2) is 17.4 Å². The van der Waals surface area contributed by atoms with Gasteiger partial charge < -0.3 is 38.3 Å². The van der Waals surface area contributed by atoms with E-state index in [1.54, 1.807) is 30.2 Å². The van der Waals surface area contributed by atoms with Crippen LogP contribution in [0.2, 0.25) is 0 Å². The summed E-state index contributed by atoms with van der Waals surface area (Å²) in [5.41, 5.74) is 0. The predicted molar refractivity (Wildman–Crippen MR) is 153 cm³/mol. The molecule has 1 aromatic rings. The highest BCUT2D eigenvalue weighted by molar-refractivity contribution is 5.97. The van der Waals surface area contributed by atoms with Crippen LogP contribution in [0.3, 0.4) is 0 Å². The SMILES string of the molecule is CCOC(=O)CC(=O)C1CCC2(C1)OCCO2.O=C(C1CCC2(C1)OCCO2)n1ccnc1.O=C(O)C1CCC2(C1)OCCO2. The van der Waals surface area contributed by atoms with Crippen molar-refractivity contribution < 1.29 is 57.4 Å². The molecule has 1 N–H and O–H groups in total. The number of ether oxygens (including phenoxy) is 7. The number of imidazole rings is 1. The van der Waals surface area contributed by atoms with Gasteiger partial charge in [0.05, 0.1) is 52.2 Å². The Bertz CT molecular complexity index is 1170. The Hall–Kier alpha value is -2.75. The third kappa shape index (κ3) is 8.35. The van der Waals surface area contributed by atoms with Crippen molar-refractivity contribution >= 4 is 23.6 Å². The third-order valence-corrected chi connectivity index (χ3v) is 9.27. The van der Waals surface area contributed by atoms with Crippen LogP contribution in [-0.2, 0) is 47.5 Å². The van der Waals surface area contributed by atoms with Crippen molar-refractivity contribution in [2.75, 3.05) is 46.2 Å². The topological polar surface area (TPSA) is 171 Å². The number of carbonyl (C=O) groups excluding carboxylic acids is 3. The summed E-state index contributed by atoms with van der Waals surface area (Å²) in [6.45, 7) is 5.73. The van der Waals surface area contributed by atoms with E-state index in [1.807, 2.05) is 0 Å². The van der Waals surface area contributed by atoms with Crippen molar-refractivity contribution in [1.29, 1.82) is 0 Å². The Balaban J connectivity index is 0.000000135. The molecule has 250 valence electrons. The molecule has 0 aromatic carbocycles. The van der Waals surface area contributed by atoms with Crippen LogP contribution in [0.15, 0.2) is 18.7 Å². The van der Waals surface area contributed by atoms with E-state index in [0.29, 0.717) is 71.9 Å². The number of rotatable bonds is 6. The molecule has 0 radical (unpaired) electrons. The molecule has 4 heterocycles. The number of aliphatic carboxylic acids is 1. The average molecular weight is 637 g/mol. The number of carboxylic acid groups (broad SMARTS) is 1. The van der Waals surface area contributed by atoms with Gasteiger partial charge in [-0.15, -0.1) is 0 Å². The molecule has 3 aliphatic carbocycles. The van der Waals surface area contributed by atoms with E-state index in [-0.39, 0.29) is 35.9 Å². The average Bonchev–Trinajstić information content (AvgIpc) is 3.89. The lowest BCUT2D eigenvalue weighted by molar-refractivity contribution is -0.159. The molecule has 0 bridgehead atoms. The van der Waals surface area contributed by atoms with Crippen molar-refractivity contribution in [3.63, 3.8) is 0 Å². The molecule has 3 unspecified atom stereocenters. The summed E-state index contributed by atoms with van der Waals surface area (Å²) in [6, 6.07) is 0. The van der Waals surface area contributed by atoms with Gasteiger partial charge in [0, 0.05) is 62.8 Å². The number of nitrogens with zero attached hydrogens (tertiary/aromatic N) is 2. The molecule has 6 aliphatic rings. The highest BCUT2D eigenvalue weighted by Crippen LogP contribution is 2.43. The van der Waals surface area contributed by atoms with Crippen LogP contribution >= 0.6 is 0 Å². The maximum absolute atomic E-state index is 12.1. The zero-order chi connectivity index (χ0) is 31.9. The lowest BCUT2D eigenvalue weighted by Crippen LogP contribution is -2.28. The molecule has 1 aromatic heterocycles. The minimum atomic E-state index is -0.731. The fraction of sp³-hybridized carbons (Fsp3) is 0.774. The number of carboxylic acids is 1. The molecule has 14 heteroatoms. The molecule has 3 aliphatic heterocycles. The monoisotopic (exact) mass is 636 g/mol. The zero-order valence-electron chi connectivity index (χ0n) is 25.8. The number of esters is 1. The first kappa shape index (κ1) is 33.6. The molecule has 0 amide bonds. The Labute approximate surface area is 262 Å². The summed E-state index contributed by atoms with van der Waals surface area (Å²) < 4.78 is 39.4. The predicted octanol–water partition coefficient (Wildman–Crippen LogP) is 2.73. The first-order valence-corrected chi connectivity index (χ1v) is 15.9. The van der Waals surface area contributed by atoms with Crippen molar-refractivity contribution in [2.45, 2.75) is 88.5 Å². The lowest BCUT2D eigenvalue weighted by atomic mass is 10.00. The molecule has 7 rings (SSSR count). The summed E-state index contributed by atoms with van der Waals surface area (Å²) in [4.78, 5) is 49.6. The second kappa shape index (κ2) is 14.8. The standard InChI is InChI=1S/C12H18O5.C11H14N2O3.C8H12O4/c1-2-15-11(14)7-10(13)9-3-4-12(8-9)16-5-6-17-12;14-10(13-4-3-12-8-13)9-1-2-11(7-9)15-5-6-16-11;9-7(10)6-1-2-8(5-6)11-3-4-12-8/h9H,2-8H2,1H3;3-4,8-9H,1-2,5-7H2;6H,1-5H2,(H,9,10). The van der Waals surface area contributed by atoms with E-state index in [4.69, 9.17) is 38.3 Å². The Morgan fingerprint density at radius 1 is 0.778 bits per heavy atom. The summed E-state index contributed by atoms with van der Waals surface area (Å²) in [5, 5.41) is 8.75. The molecular weight excluding hydrogens is 592 g/mol. The number of aromatic nitrogens is 2. The third-order valence-electron chi connectivity index (χ3n) is 9.27. The number of carbonyl (C=O) groups is 4. The molecule has 3 atom stereocenters. The molecule has 3 saturated heterocycles. The number of Topliss-reactive ketones (excluding diaryl/α,β-unsaturated/α-hetero) is 1. The van der Waals surface area contributed by atoms with Gasteiger partial charge in [-0.2, -0.15) is 0 Å². The largest absolute Gasteiger partial charge is 0.481 e. The Kier molecular flexibility index (Phi) is 11.0. The fourth-order valence-electron chi connectivity index (χ4n) is 6.99. The van der Waals surface area contributed by atoms with Gasteiger partial charge in [-0.1, -0.05) is 0 Å². The minimum absolute atomic E-state index is 0.00713. The van der Waals surface area contributed by atoms with Gasteiger partial charge in [0.1, 0.15) is 18.5 Å². The maximum atomic E-state index is 12.1. The van der Waals surface area contributed by atoms with Crippen LogP contribution in [0.25, 0.3) is 0 Å². The van der Waals surface area contributed by atoms with E-state index >= 15 is 0 Å². The van der Waals surface area contributed by atoms with Crippen LogP contribution in [0.4, 0.5) is 0 Å². The van der Waals surface area contributed by atoms with E-state index < -0.39 is 29.3 Å². The Morgan fingerprint density at radius 2 is 1.24 bits per heavy atom. The zero-order valence-corrected chi connectivity index (χ0v) is 25.8. The van der Waals surface area contributed by atoms with Crippen molar-refractivity contribution in [1.82, 2.24) is 9.55 Å². The van der Waals surface area contributed by atoms with Gasteiger partial charge in [0.2, 0.25) is 5.91 Å². The van der Waals surface area contributed by atoms with Gasteiger partial charge in [0.25, 0.3) is 0 Å². The summed E-state index contributed by atoms with van der Waals surface area (Å²) in [5.74, 6) is -3.10. The number of hydrogen-bond donors (Lipinski definition) is 1. The summed E-state index contributed by atoms with van der Waals surface area (Å²) in [7, 11) is 0. The Morgan fingerprint density at radius 3 is 1.69 bits per heavy atom. The van der Waals surface area contributed by atoms with Gasteiger partial charge in [-0.05, 0) is 26.2 Å². The fourth-order valence-corrected chi connectivity index (χ4v) is 6.99. The second-order valence-corrected chi connectivity index (χ2v) is 12.2. The first-order chi connectivity index (χ1) is 21.7. The first-order valence-electron chi connectivity index (χ1n) is 15.9. The second-order valence-electron chi connectivity index (χ2n) is 12.2. The maximum Gasteiger partial charge on any atom is 0.313 e. The summed E-state index contributed by atoms with van der Waals surface area (Å²) >= 11 is 0. The van der Waals surface area contributed by atoms with Crippen LogP contribution in [0.1, 0.15) is 75.9 Å². The summed E-state index contributed by atoms with van der Waals surface area (Å²) in [6.07, 6.45) is 11.0. The molecule has 45 heavy (non-hydrogen) atoms. The minimum Gasteiger partial charge on any atom is -0.481 e. The highest BCUT2D eigenvalue weighted by atomic mass is 16.7.